The van der Waals surface area contributed by atoms with E-state index in [2.05, 4.69) is 17.2 Å². The Balaban J connectivity index is 1.86. The molecule has 1 saturated carbocycles. The molecule has 2 atom stereocenters. The predicted molar refractivity (Wildman–Crippen MR) is 68.6 cm³/mol. The summed E-state index contributed by atoms with van der Waals surface area (Å²) in [7, 11) is 0. The van der Waals surface area contributed by atoms with Gasteiger partial charge < -0.3 is 5.32 Å². The SMILES string of the molecule is CC#CC(=O)N[C@@H]1C[C@@H]1Cc1ccc(C(F)(F)F)cc1. The molecule has 106 valence electrons. The molecule has 0 unspecified atom stereocenters. The summed E-state index contributed by atoms with van der Waals surface area (Å²) in [5, 5.41) is 2.77. The predicted octanol–water partition coefficient (Wildman–Crippen LogP) is 2.78. The molecule has 1 aliphatic rings. The quantitative estimate of drug-likeness (QED) is 0.848. The largest absolute Gasteiger partial charge is 0.416 e. The van der Waals surface area contributed by atoms with Crippen molar-refractivity contribution < 1.29 is 18.0 Å². The third-order valence-electron chi connectivity index (χ3n) is 3.26. The summed E-state index contributed by atoms with van der Waals surface area (Å²) in [6.45, 7) is 1.59. The molecule has 0 heterocycles. The normalized spacial score (nSPS) is 20.8. The van der Waals surface area contributed by atoms with Crippen molar-refractivity contribution in [3.63, 3.8) is 0 Å². The lowest BCUT2D eigenvalue weighted by Gasteiger charge is -2.07. The molecule has 1 aliphatic carbocycles. The summed E-state index contributed by atoms with van der Waals surface area (Å²) in [4.78, 5) is 11.2. The summed E-state index contributed by atoms with van der Waals surface area (Å²) < 4.78 is 37.2. The van der Waals surface area contributed by atoms with Gasteiger partial charge in [0.1, 0.15) is 0 Å². The molecule has 1 N–H and O–H groups in total. The number of alkyl halides is 3. The van der Waals surface area contributed by atoms with E-state index in [4.69, 9.17) is 0 Å². The zero-order chi connectivity index (χ0) is 14.8. The van der Waals surface area contributed by atoms with Gasteiger partial charge in [0.25, 0.3) is 5.91 Å². The summed E-state index contributed by atoms with van der Waals surface area (Å²) in [5.41, 5.74) is 0.210. The van der Waals surface area contributed by atoms with Gasteiger partial charge in [0.15, 0.2) is 0 Å². The Morgan fingerprint density at radius 1 is 1.35 bits per heavy atom. The second-order valence-electron chi connectivity index (χ2n) is 4.85. The number of hydrogen-bond donors (Lipinski definition) is 1. The zero-order valence-electron chi connectivity index (χ0n) is 10.9. The number of carbonyl (C=O) groups excluding carboxylic acids is 1. The molecular formula is C15H14F3NO. The van der Waals surface area contributed by atoms with Crippen LogP contribution in [-0.4, -0.2) is 11.9 Å². The first-order chi connectivity index (χ1) is 9.40. The van der Waals surface area contributed by atoms with Gasteiger partial charge in [0, 0.05) is 6.04 Å². The number of nitrogens with one attached hydrogen (secondary N) is 1. The van der Waals surface area contributed by atoms with Crippen molar-refractivity contribution >= 4 is 5.91 Å². The first-order valence-electron chi connectivity index (χ1n) is 6.29. The third kappa shape index (κ3) is 3.77. The minimum absolute atomic E-state index is 0.0886. The maximum atomic E-state index is 12.4. The van der Waals surface area contributed by atoms with E-state index in [0.717, 1.165) is 24.1 Å². The lowest BCUT2D eigenvalue weighted by atomic mass is 10.1. The monoisotopic (exact) mass is 281 g/mol. The molecule has 1 aromatic carbocycles. The number of amides is 1. The van der Waals surface area contributed by atoms with Crippen LogP contribution in [0.3, 0.4) is 0 Å². The Morgan fingerprint density at radius 3 is 2.55 bits per heavy atom. The van der Waals surface area contributed by atoms with Crippen LogP contribution in [0.1, 0.15) is 24.5 Å². The molecule has 0 radical (unpaired) electrons. The van der Waals surface area contributed by atoms with Crippen molar-refractivity contribution in [3.8, 4) is 11.8 Å². The Kier molecular flexibility index (Phi) is 4.03. The van der Waals surface area contributed by atoms with E-state index in [0.29, 0.717) is 6.42 Å². The summed E-state index contributed by atoms with van der Waals surface area (Å²) in [6, 6.07) is 5.25. The number of carbonyl (C=O) groups is 1. The van der Waals surface area contributed by atoms with Gasteiger partial charge in [-0.05, 0) is 49.3 Å². The minimum Gasteiger partial charge on any atom is -0.342 e. The van der Waals surface area contributed by atoms with E-state index < -0.39 is 11.7 Å². The molecule has 20 heavy (non-hydrogen) atoms. The van der Waals surface area contributed by atoms with Crippen molar-refractivity contribution in [2.24, 2.45) is 5.92 Å². The zero-order valence-corrected chi connectivity index (χ0v) is 10.9. The molecule has 0 saturated heterocycles. The van der Waals surface area contributed by atoms with E-state index in [9.17, 15) is 18.0 Å². The number of benzene rings is 1. The fraction of sp³-hybridized carbons (Fsp3) is 0.400. The lowest BCUT2D eigenvalue weighted by Crippen LogP contribution is -2.25. The van der Waals surface area contributed by atoms with E-state index in [1.807, 2.05) is 0 Å². The molecule has 0 spiro atoms. The van der Waals surface area contributed by atoms with Crippen LogP contribution in [0.4, 0.5) is 13.2 Å². The highest BCUT2D eigenvalue weighted by Gasteiger charge is 2.38. The maximum absolute atomic E-state index is 12.4. The van der Waals surface area contributed by atoms with Crippen molar-refractivity contribution in [3.05, 3.63) is 35.4 Å². The number of hydrogen-bond acceptors (Lipinski definition) is 1. The average molecular weight is 281 g/mol. The van der Waals surface area contributed by atoms with Gasteiger partial charge in [-0.2, -0.15) is 13.2 Å². The highest BCUT2D eigenvalue weighted by Crippen LogP contribution is 2.35. The lowest BCUT2D eigenvalue weighted by molar-refractivity contribution is -0.137. The first kappa shape index (κ1) is 14.4. The molecule has 1 amide bonds. The highest BCUT2D eigenvalue weighted by molar-refractivity contribution is 5.93. The highest BCUT2D eigenvalue weighted by atomic mass is 19.4. The van der Waals surface area contributed by atoms with Gasteiger partial charge in [-0.1, -0.05) is 18.1 Å². The van der Waals surface area contributed by atoms with Crippen LogP contribution in [0.5, 0.6) is 0 Å². The van der Waals surface area contributed by atoms with E-state index in [1.165, 1.54) is 12.1 Å². The van der Waals surface area contributed by atoms with Crippen molar-refractivity contribution in [2.45, 2.75) is 32.0 Å². The van der Waals surface area contributed by atoms with Gasteiger partial charge in [-0.25, -0.2) is 0 Å². The number of halogens is 3. The summed E-state index contributed by atoms with van der Waals surface area (Å²) in [5.74, 6) is 4.90. The van der Waals surface area contributed by atoms with E-state index in [-0.39, 0.29) is 17.9 Å². The van der Waals surface area contributed by atoms with Crippen LogP contribution in [0.15, 0.2) is 24.3 Å². The van der Waals surface area contributed by atoms with Gasteiger partial charge in [-0.15, -0.1) is 0 Å². The fourth-order valence-corrected chi connectivity index (χ4v) is 2.10. The van der Waals surface area contributed by atoms with Gasteiger partial charge in [0.05, 0.1) is 5.56 Å². The molecule has 2 nitrogen and oxygen atoms in total. The standard InChI is InChI=1S/C15H14F3NO/c1-2-3-14(20)19-13-9-11(13)8-10-4-6-12(7-5-10)15(16,17)18/h4-7,11,13H,8-9H2,1H3,(H,19,20)/t11-,13+/m0/s1. The summed E-state index contributed by atoms with van der Waals surface area (Å²) >= 11 is 0. The molecule has 1 fully saturated rings. The van der Waals surface area contributed by atoms with Crippen LogP contribution >= 0.6 is 0 Å². The van der Waals surface area contributed by atoms with Crippen LogP contribution in [0, 0.1) is 17.8 Å². The van der Waals surface area contributed by atoms with E-state index in [1.54, 1.807) is 6.92 Å². The Morgan fingerprint density at radius 2 is 2.00 bits per heavy atom. The smallest absolute Gasteiger partial charge is 0.342 e. The fourth-order valence-electron chi connectivity index (χ4n) is 2.10. The van der Waals surface area contributed by atoms with Crippen LogP contribution in [0.25, 0.3) is 0 Å². The van der Waals surface area contributed by atoms with Crippen molar-refractivity contribution in [1.29, 1.82) is 0 Å². The molecule has 0 bridgehead atoms. The van der Waals surface area contributed by atoms with Crippen LogP contribution < -0.4 is 5.32 Å². The second-order valence-corrected chi connectivity index (χ2v) is 4.85. The van der Waals surface area contributed by atoms with Crippen molar-refractivity contribution in [1.82, 2.24) is 5.32 Å². The molecule has 2 rings (SSSR count). The minimum atomic E-state index is -4.30. The Bertz CT molecular complexity index is 551. The van der Waals surface area contributed by atoms with Crippen molar-refractivity contribution in [2.75, 3.05) is 0 Å². The molecule has 1 aromatic rings. The van der Waals surface area contributed by atoms with Gasteiger partial charge >= 0.3 is 6.18 Å². The topological polar surface area (TPSA) is 29.1 Å². The Labute approximate surface area is 115 Å². The van der Waals surface area contributed by atoms with Crippen LogP contribution in [-0.2, 0) is 17.4 Å². The second kappa shape index (κ2) is 5.58. The number of rotatable bonds is 3. The average Bonchev–Trinajstić information content (AvgIpc) is 3.06. The third-order valence-corrected chi connectivity index (χ3v) is 3.26. The van der Waals surface area contributed by atoms with Crippen LogP contribution in [0.2, 0.25) is 0 Å². The van der Waals surface area contributed by atoms with Gasteiger partial charge in [0.2, 0.25) is 0 Å². The molecular weight excluding hydrogens is 267 g/mol. The maximum Gasteiger partial charge on any atom is 0.416 e. The molecule has 0 aliphatic heterocycles. The Hall–Kier alpha value is -1.96. The molecule has 5 heteroatoms. The first-order valence-corrected chi connectivity index (χ1v) is 6.29. The molecule has 0 aromatic heterocycles. The summed E-state index contributed by atoms with van der Waals surface area (Å²) in [6.07, 6.45) is -2.78. The van der Waals surface area contributed by atoms with Gasteiger partial charge in [-0.3, -0.25) is 4.79 Å². The van der Waals surface area contributed by atoms with E-state index >= 15 is 0 Å².